The Balaban J connectivity index is 1.64. The number of hydrogen-bond donors (Lipinski definition) is 1. The first-order valence-corrected chi connectivity index (χ1v) is 12.9. The molecule has 0 saturated heterocycles. The number of aromatic nitrogens is 3. The fourth-order valence-corrected chi connectivity index (χ4v) is 4.81. The highest BCUT2D eigenvalue weighted by Crippen LogP contribution is 2.32. The fraction of sp³-hybridized carbons (Fsp3) is 0.125. The van der Waals surface area contributed by atoms with Crippen molar-refractivity contribution in [2.75, 3.05) is 0 Å². The molecular weight excluding hydrogens is 600 g/mol. The average Bonchev–Trinajstić information content (AvgIpc) is 3.26. The van der Waals surface area contributed by atoms with Gasteiger partial charge in [0.25, 0.3) is 5.91 Å². The van der Waals surface area contributed by atoms with Crippen molar-refractivity contribution in [1.29, 1.82) is 0 Å². The van der Waals surface area contributed by atoms with Gasteiger partial charge in [-0.1, -0.05) is 69.1 Å². The van der Waals surface area contributed by atoms with Crippen LogP contribution in [-0.2, 0) is 18.5 Å². The molecule has 0 aliphatic heterocycles. The molecule has 0 unspecified atom stereocenters. The van der Waals surface area contributed by atoms with E-state index in [2.05, 4.69) is 31.4 Å². The molecule has 1 aromatic heterocycles. The summed E-state index contributed by atoms with van der Waals surface area (Å²) in [6.07, 6.45) is -4.52. The number of benzene rings is 3. The van der Waals surface area contributed by atoms with Crippen LogP contribution in [0.4, 0.5) is 13.2 Å². The van der Waals surface area contributed by atoms with Crippen molar-refractivity contribution in [3.05, 3.63) is 104 Å². The van der Waals surface area contributed by atoms with Gasteiger partial charge in [0.2, 0.25) is 0 Å². The molecule has 1 N–H and O–H groups in total. The molecular formula is C24H16BrCl2F3N4OS. The lowest BCUT2D eigenvalue weighted by molar-refractivity contribution is -0.137. The lowest BCUT2D eigenvalue weighted by Gasteiger charge is -2.14. The highest BCUT2D eigenvalue weighted by Gasteiger charge is 2.31. The fourth-order valence-electron chi connectivity index (χ4n) is 3.24. The van der Waals surface area contributed by atoms with E-state index in [1.807, 2.05) is 24.3 Å². The van der Waals surface area contributed by atoms with Crippen LogP contribution in [0.25, 0.3) is 5.69 Å². The highest BCUT2D eigenvalue weighted by molar-refractivity contribution is 9.10. The lowest BCUT2D eigenvalue weighted by Crippen LogP contribution is -2.25. The number of amides is 1. The van der Waals surface area contributed by atoms with E-state index in [1.54, 1.807) is 6.07 Å². The normalized spacial score (nSPS) is 11.5. The molecule has 5 nitrogen and oxygen atoms in total. The summed E-state index contributed by atoms with van der Waals surface area (Å²) < 4.78 is 42.6. The van der Waals surface area contributed by atoms with E-state index in [0.29, 0.717) is 15.9 Å². The Morgan fingerprint density at radius 1 is 1.03 bits per heavy atom. The smallest absolute Gasteiger partial charge is 0.345 e. The topological polar surface area (TPSA) is 59.8 Å². The van der Waals surface area contributed by atoms with E-state index in [4.69, 9.17) is 23.2 Å². The summed E-state index contributed by atoms with van der Waals surface area (Å²) in [5, 5.41) is 11.9. The van der Waals surface area contributed by atoms with E-state index in [0.717, 1.165) is 22.2 Å². The van der Waals surface area contributed by atoms with Crippen molar-refractivity contribution in [3.8, 4) is 5.69 Å². The minimum Gasteiger partial charge on any atom is -0.345 e. The third-order valence-corrected chi connectivity index (χ3v) is 7.09. The molecule has 1 amide bonds. The molecule has 12 heteroatoms. The minimum atomic E-state index is -4.52. The van der Waals surface area contributed by atoms with Gasteiger partial charge >= 0.3 is 6.18 Å². The van der Waals surface area contributed by atoms with Gasteiger partial charge in [-0.2, -0.15) is 13.2 Å². The van der Waals surface area contributed by atoms with E-state index < -0.39 is 17.6 Å². The van der Waals surface area contributed by atoms with Crippen LogP contribution in [0.3, 0.4) is 0 Å². The lowest BCUT2D eigenvalue weighted by atomic mass is 10.2. The largest absolute Gasteiger partial charge is 0.416 e. The Labute approximate surface area is 227 Å². The zero-order valence-corrected chi connectivity index (χ0v) is 22.1. The second kappa shape index (κ2) is 11.2. The number of carbonyl (C=O) groups is 1. The van der Waals surface area contributed by atoms with E-state index in [-0.39, 0.29) is 28.6 Å². The molecule has 4 rings (SSSR count). The Kier molecular flexibility index (Phi) is 8.29. The van der Waals surface area contributed by atoms with Gasteiger partial charge in [-0.05, 0) is 54.1 Å². The summed E-state index contributed by atoms with van der Waals surface area (Å²) in [6, 6.07) is 17.0. The molecule has 0 aliphatic rings. The number of alkyl halides is 3. The molecule has 4 aromatic rings. The molecule has 1 heterocycles. The second-order valence-corrected chi connectivity index (χ2v) is 10.2. The summed E-state index contributed by atoms with van der Waals surface area (Å²) >= 11 is 16.8. The zero-order valence-electron chi connectivity index (χ0n) is 18.2. The molecule has 3 aromatic carbocycles. The first-order chi connectivity index (χ1) is 17.1. The molecule has 0 radical (unpaired) electrons. The van der Waals surface area contributed by atoms with E-state index in [9.17, 15) is 18.0 Å². The monoisotopic (exact) mass is 614 g/mol. The van der Waals surface area contributed by atoms with Crippen molar-refractivity contribution in [1.82, 2.24) is 20.1 Å². The molecule has 36 heavy (non-hydrogen) atoms. The van der Waals surface area contributed by atoms with Crippen LogP contribution in [0.15, 0.2) is 76.4 Å². The van der Waals surface area contributed by atoms with Gasteiger partial charge in [-0.15, -0.1) is 10.2 Å². The van der Waals surface area contributed by atoms with Gasteiger partial charge in [0.15, 0.2) is 11.0 Å². The molecule has 0 spiro atoms. The second-order valence-electron chi connectivity index (χ2n) is 7.50. The van der Waals surface area contributed by atoms with Gasteiger partial charge in [-0.25, -0.2) is 0 Å². The Bertz CT molecular complexity index is 1400. The number of halogens is 6. The SMILES string of the molecule is O=C(NCc1nnc(SCc2ccc(Br)cc2)n1-c1cccc(C(F)(F)F)c1)c1cc(Cl)ccc1Cl. The standard InChI is InChI=1S/C24H16BrCl2F3N4OS/c25-16-6-4-14(5-7-16)13-36-23-33-32-21(12-31-22(35)19-11-17(26)8-9-20(19)27)34(23)18-3-1-2-15(10-18)24(28,29)30/h1-11H,12-13H2,(H,31,35). The van der Waals surface area contributed by atoms with Gasteiger partial charge in [0, 0.05) is 15.2 Å². The molecule has 0 bridgehead atoms. The maximum Gasteiger partial charge on any atom is 0.416 e. The Hall–Kier alpha value is -2.53. The first-order valence-electron chi connectivity index (χ1n) is 10.3. The third-order valence-electron chi connectivity index (χ3n) is 4.99. The Morgan fingerprint density at radius 3 is 2.50 bits per heavy atom. The summed E-state index contributed by atoms with van der Waals surface area (Å²) in [6.45, 7) is -0.107. The number of carbonyl (C=O) groups excluding carboxylic acids is 1. The molecule has 186 valence electrons. The predicted molar refractivity (Wildman–Crippen MR) is 138 cm³/mol. The van der Waals surface area contributed by atoms with E-state index in [1.165, 1.54) is 40.6 Å². The molecule has 0 aliphatic carbocycles. The van der Waals surface area contributed by atoms with Crippen LogP contribution in [0.1, 0.15) is 27.3 Å². The van der Waals surface area contributed by atoms with Crippen molar-refractivity contribution in [3.63, 3.8) is 0 Å². The van der Waals surface area contributed by atoms with Crippen LogP contribution in [-0.4, -0.2) is 20.7 Å². The number of nitrogens with one attached hydrogen (secondary N) is 1. The highest BCUT2D eigenvalue weighted by atomic mass is 79.9. The maximum atomic E-state index is 13.4. The maximum absolute atomic E-state index is 13.4. The minimum absolute atomic E-state index is 0.107. The van der Waals surface area contributed by atoms with Crippen LogP contribution in [0.5, 0.6) is 0 Å². The average molecular weight is 616 g/mol. The molecule has 0 fully saturated rings. The van der Waals surface area contributed by atoms with Gasteiger partial charge in [0.05, 0.1) is 28.4 Å². The van der Waals surface area contributed by atoms with Crippen molar-refractivity contribution < 1.29 is 18.0 Å². The summed E-state index contributed by atoms with van der Waals surface area (Å²) in [4.78, 5) is 12.7. The van der Waals surface area contributed by atoms with Crippen LogP contribution in [0.2, 0.25) is 10.0 Å². The Morgan fingerprint density at radius 2 is 1.78 bits per heavy atom. The van der Waals surface area contributed by atoms with Crippen molar-refractivity contribution in [2.24, 2.45) is 0 Å². The first kappa shape index (κ1) is 26.5. The number of thioether (sulfide) groups is 1. The predicted octanol–water partition coefficient (Wildman–Crippen LogP) is 7.58. The van der Waals surface area contributed by atoms with Crippen molar-refractivity contribution in [2.45, 2.75) is 23.6 Å². The van der Waals surface area contributed by atoms with Crippen LogP contribution >= 0.6 is 50.9 Å². The van der Waals surface area contributed by atoms with E-state index >= 15 is 0 Å². The van der Waals surface area contributed by atoms with Crippen LogP contribution < -0.4 is 5.32 Å². The van der Waals surface area contributed by atoms with Crippen LogP contribution in [0, 0.1) is 0 Å². The number of nitrogens with zero attached hydrogens (tertiary/aromatic N) is 3. The van der Waals surface area contributed by atoms with Gasteiger partial charge in [-0.3, -0.25) is 9.36 Å². The summed E-state index contributed by atoms with van der Waals surface area (Å²) in [5.41, 5.74) is 0.572. The third kappa shape index (κ3) is 6.42. The molecule has 0 saturated carbocycles. The zero-order chi connectivity index (χ0) is 25.9. The number of hydrogen-bond acceptors (Lipinski definition) is 4. The van der Waals surface area contributed by atoms with Gasteiger partial charge in [0.1, 0.15) is 0 Å². The quantitative estimate of drug-likeness (QED) is 0.218. The van der Waals surface area contributed by atoms with Crippen molar-refractivity contribution >= 4 is 56.8 Å². The summed E-state index contributed by atoms with van der Waals surface area (Å²) in [5.74, 6) is 0.249. The summed E-state index contributed by atoms with van der Waals surface area (Å²) in [7, 11) is 0. The number of rotatable bonds is 7. The van der Waals surface area contributed by atoms with Gasteiger partial charge < -0.3 is 5.32 Å². The molecule has 0 atom stereocenters.